The first-order chi connectivity index (χ1) is 50.0. The van der Waals surface area contributed by atoms with Crippen LogP contribution in [0.5, 0.6) is 0 Å². The van der Waals surface area contributed by atoms with E-state index in [0.29, 0.717) is 25.7 Å². The van der Waals surface area contributed by atoms with Crippen molar-refractivity contribution in [2.45, 2.75) is 275 Å². The van der Waals surface area contributed by atoms with Gasteiger partial charge in [-0.2, -0.15) is 0 Å². The van der Waals surface area contributed by atoms with E-state index in [0.717, 1.165) is 6.42 Å². The topological polar surface area (TPSA) is 463 Å². The minimum absolute atomic E-state index is 0.0478. The lowest BCUT2D eigenvalue weighted by Crippen LogP contribution is -2.53. The monoisotopic (exact) mass is 1520 g/mol. The van der Waals surface area contributed by atoms with Crippen molar-refractivity contribution < 1.29 is 138 Å². The van der Waals surface area contributed by atoms with Crippen LogP contribution < -0.4 is 0 Å². The van der Waals surface area contributed by atoms with Gasteiger partial charge in [-0.15, -0.1) is 19.7 Å². The van der Waals surface area contributed by atoms with Gasteiger partial charge in [0.2, 0.25) is 5.79 Å². The Morgan fingerprint density at radius 2 is 1.02 bits per heavy atom. The van der Waals surface area contributed by atoms with Gasteiger partial charge in [0.15, 0.2) is 11.6 Å². The number of ketones is 6. The second-order valence-electron chi connectivity index (χ2n) is 30.0. The third kappa shape index (κ3) is 24.1. The number of allylic oxidation sites excluding steroid dienone is 4. The summed E-state index contributed by atoms with van der Waals surface area (Å²) in [6.45, 7) is 40.0. The predicted molar refractivity (Wildman–Crippen MR) is 391 cm³/mol. The second-order valence-corrected chi connectivity index (χ2v) is 30.0. The molecular weight excluding hydrogens is 1400 g/mol. The molecule has 6 aliphatic heterocycles. The van der Waals surface area contributed by atoms with Crippen molar-refractivity contribution >= 4 is 46.6 Å². The fraction of sp³-hybridized carbons (Fsp3) is 0.747. The molecule has 0 aromatic carbocycles. The second kappa shape index (κ2) is 42.4. The van der Waals surface area contributed by atoms with Gasteiger partial charge >= 0.3 is 11.9 Å². The fourth-order valence-electron chi connectivity index (χ4n) is 14.6. The summed E-state index contributed by atoms with van der Waals surface area (Å²) in [6.07, 6.45) is -0.0566. The van der Waals surface area contributed by atoms with Crippen LogP contribution in [0.1, 0.15) is 168 Å². The largest absolute Gasteiger partial charge is 0.465 e. The third-order valence-corrected chi connectivity index (χ3v) is 21.8. The van der Waals surface area contributed by atoms with Gasteiger partial charge in [-0.1, -0.05) is 98.9 Å². The Kier molecular flexibility index (Phi) is 38.0. The van der Waals surface area contributed by atoms with Gasteiger partial charge in [-0.25, -0.2) is 0 Å². The highest BCUT2D eigenvalue weighted by atomic mass is 16.8. The first-order valence-electron chi connectivity index (χ1n) is 37.3. The van der Waals surface area contributed by atoms with Gasteiger partial charge in [0.05, 0.1) is 135 Å². The molecule has 0 saturated carbocycles. The number of fused-ring (bicyclic) bond motifs is 2. The van der Waals surface area contributed by atoms with E-state index in [1.165, 1.54) is 13.8 Å². The van der Waals surface area contributed by atoms with E-state index >= 15 is 0 Å². The zero-order valence-electron chi connectivity index (χ0n) is 65.1. The summed E-state index contributed by atoms with van der Waals surface area (Å²) in [4.78, 5) is 95.7. The molecule has 610 valence electrons. The van der Waals surface area contributed by atoms with Gasteiger partial charge in [0.25, 0.3) is 0 Å². The van der Waals surface area contributed by atoms with Gasteiger partial charge in [0.1, 0.15) is 65.0 Å². The molecule has 2 bridgehead atoms. The van der Waals surface area contributed by atoms with Gasteiger partial charge in [-0.05, 0) is 71.1 Å². The minimum Gasteiger partial charge on any atom is -0.465 e. The molecule has 0 aromatic heterocycles. The molecular formula is C79H126O28. The summed E-state index contributed by atoms with van der Waals surface area (Å²) in [5.74, 6) is -12.5. The number of Topliss-reactive ketones (excluding diaryl/α,β-unsaturated/α-hetero) is 6. The lowest BCUT2D eigenvalue weighted by atomic mass is 9.78. The number of rotatable bonds is 44. The lowest BCUT2D eigenvalue weighted by Gasteiger charge is -2.40. The van der Waals surface area contributed by atoms with E-state index in [1.54, 1.807) is 66.7 Å². The zero-order valence-corrected chi connectivity index (χ0v) is 65.1. The van der Waals surface area contributed by atoms with Crippen molar-refractivity contribution in [1.29, 1.82) is 0 Å². The Balaban J connectivity index is 0.000000370. The third-order valence-electron chi connectivity index (χ3n) is 21.8. The number of epoxide rings is 3. The highest BCUT2D eigenvalue weighted by Crippen LogP contribution is 2.54. The molecule has 28 nitrogen and oxygen atoms in total. The molecule has 28 heteroatoms. The Labute approximate surface area is 630 Å². The molecule has 0 amide bonds. The standard InChI is InChI=1S/C21H32O7.C20H30O7.2C19H32O7/c1-7-9-12(3)20-21(6,28-20)19(26)16(11-27-14(5)22)18(25)13(4)17(24)10-15(23)8-2;1-6-8-11(3)18-19-17(24)15(10-25-13(5)21)20(26-18,27-19)12(4)16(23)9-14(22)7-2;1-5-7-11(3)17-18(4,26-17)16(23)12(9-20)15(22)13-10-25-19(24,6-2)8-14(13)21;1-5-7-11(3)18-19(4,26-18)17(25)14(10-21)16(24)13(9-20)15(23)8-12(22)6-2/h7,12,16-17,19-20,24,26H,1,4,8-11H2,2-3,5-6H3;6,8,11,15-19,23-24H,4,7,9-10H2,1-3,5H3;5,11-14,16-17,20-21,23-24H,1,6-10H2,2-4H3;5,11,13-15,17-18,20-21,23,25H,1,6-10H2,2-4H3/b;8-6-;;/t12-,16-,17?,19-,20+,21+;11-,15+,16?,17-,18+,19-,20+;11-,12-,13?,14?,16-,17+,18+,19?;11-,13?,14-,15?,17-,18+,19+/m0000/s1. The Hall–Kier alpha value is -5.32. The molecule has 7 unspecified atom stereocenters. The van der Waals surface area contributed by atoms with Crippen molar-refractivity contribution in [3.8, 4) is 0 Å². The van der Waals surface area contributed by atoms with Crippen LogP contribution in [0.15, 0.2) is 74.4 Å². The van der Waals surface area contributed by atoms with Gasteiger partial charge in [-0.3, -0.25) is 38.4 Å². The number of carbonyl (C=O) groups excluding carboxylic acids is 8. The number of carbonyl (C=O) groups is 8. The lowest BCUT2D eigenvalue weighted by molar-refractivity contribution is -0.258. The molecule has 107 heavy (non-hydrogen) atoms. The average Bonchev–Trinajstić information content (AvgIpc) is 1.57. The van der Waals surface area contributed by atoms with E-state index < -0.39 is 174 Å². The molecule has 0 aromatic rings. The summed E-state index contributed by atoms with van der Waals surface area (Å²) in [7, 11) is 0. The first kappa shape index (κ1) is 95.9. The highest BCUT2D eigenvalue weighted by Gasteiger charge is 2.68. The van der Waals surface area contributed by atoms with Crippen LogP contribution >= 0.6 is 0 Å². The highest BCUT2D eigenvalue weighted by molar-refractivity contribution is 5.99. The smallest absolute Gasteiger partial charge is 0.302 e. The van der Waals surface area contributed by atoms with Gasteiger partial charge < -0.3 is 99.2 Å². The van der Waals surface area contributed by atoms with E-state index in [4.69, 9.17) is 37.9 Å². The number of hydrogen-bond acceptors (Lipinski definition) is 28. The maximum absolute atomic E-state index is 12.9. The molecule has 6 aliphatic rings. The fourth-order valence-corrected chi connectivity index (χ4v) is 14.6. The Bertz CT molecular complexity index is 3060. The van der Waals surface area contributed by atoms with Crippen LogP contribution in [0.4, 0.5) is 0 Å². The Morgan fingerprint density at radius 1 is 0.589 bits per heavy atom. The number of aliphatic hydroxyl groups is 12. The van der Waals surface area contributed by atoms with Crippen molar-refractivity contribution in [3.63, 3.8) is 0 Å². The Morgan fingerprint density at radius 3 is 1.42 bits per heavy atom. The van der Waals surface area contributed by atoms with E-state index in [1.807, 2.05) is 46.8 Å². The normalized spacial score (nSPS) is 31.9. The number of aliphatic hydroxyl groups excluding tert-OH is 11. The zero-order chi connectivity index (χ0) is 81.8. The predicted octanol–water partition coefficient (Wildman–Crippen LogP) is 3.89. The van der Waals surface area contributed by atoms with E-state index in [9.17, 15) is 99.6 Å². The first-order valence-corrected chi connectivity index (χ1v) is 37.3. The van der Waals surface area contributed by atoms with Crippen LogP contribution in [0.3, 0.4) is 0 Å². The van der Waals surface area contributed by atoms with E-state index in [-0.39, 0.29) is 129 Å². The van der Waals surface area contributed by atoms with Crippen molar-refractivity contribution in [2.24, 2.45) is 59.2 Å². The molecule has 0 aliphatic carbocycles. The molecule has 6 saturated heterocycles. The number of hydrogen-bond donors (Lipinski definition) is 12. The van der Waals surface area contributed by atoms with Gasteiger partial charge in [0, 0.05) is 75.9 Å². The van der Waals surface area contributed by atoms with Crippen LogP contribution in [0.2, 0.25) is 0 Å². The summed E-state index contributed by atoms with van der Waals surface area (Å²) in [5.41, 5.74) is -2.93. The van der Waals surface area contributed by atoms with Crippen molar-refractivity contribution in [1.82, 2.24) is 0 Å². The number of esters is 2. The summed E-state index contributed by atoms with van der Waals surface area (Å²) in [6, 6.07) is 0. The maximum Gasteiger partial charge on any atom is 0.302 e. The summed E-state index contributed by atoms with van der Waals surface area (Å²) >= 11 is 0. The number of ether oxygens (including phenoxy) is 8. The van der Waals surface area contributed by atoms with Crippen LogP contribution in [0, 0.1) is 59.2 Å². The molecule has 0 spiro atoms. The van der Waals surface area contributed by atoms with Crippen LogP contribution in [-0.4, -0.2) is 255 Å². The van der Waals surface area contributed by atoms with E-state index in [2.05, 4.69) is 32.9 Å². The molecule has 6 fully saturated rings. The maximum atomic E-state index is 12.9. The molecule has 28 atom stereocenters. The van der Waals surface area contributed by atoms with Crippen molar-refractivity contribution in [2.75, 3.05) is 39.6 Å². The quantitative estimate of drug-likeness (QED) is 0.0178. The summed E-state index contributed by atoms with van der Waals surface area (Å²) in [5, 5.41) is 123. The molecule has 6 rings (SSSR count). The average molecular weight is 1520 g/mol. The molecule has 6 heterocycles. The molecule has 0 radical (unpaired) electrons. The minimum atomic E-state index is -1.51. The van der Waals surface area contributed by atoms with Crippen LogP contribution in [-0.2, 0) is 76.3 Å². The van der Waals surface area contributed by atoms with Crippen molar-refractivity contribution in [3.05, 3.63) is 74.4 Å². The molecule has 12 N–H and O–H groups in total. The SMILES string of the molecule is C=C(C(O)CC(=O)CC)[C@@]12O[C@@H]([C@@H](O)[C@H]1COC(C)=O)[C@@H]([C@@H](C)/C=C\C)O2.C=CC[C@H](C)[C@H]1O[C@]1(C)[C@@H](O)[C@@H](CO)C(=O)C(CO)C(O)CC(=O)CC.C=CC[C@H](C)[C@H]1O[C@]1(C)[C@@H](O)[C@@H](CO)C(=O)C1COC(O)(CC)CC1O.C=CC[C@H](C)[C@H]1O[C@]1(C)[C@@H](O)[C@@H](COC(C)=O)C(=O)C(=C)C(O)CC(=O)CC. The van der Waals surface area contributed by atoms with Crippen LogP contribution in [0.25, 0.3) is 0 Å². The summed E-state index contributed by atoms with van der Waals surface area (Å²) < 4.78 is 44.6.